The van der Waals surface area contributed by atoms with Gasteiger partial charge in [0.15, 0.2) is 0 Å². The molecule has 5 nitrogen and oxygen atoms in total. The SMILES string of the molecule is CNC(=O)C(Cc1ccccc1)N(Cc1cccc(OC)c1)C(=O)CCc1ccccc1. The number of hydrogen-bond donors (Lipinski definition) is 1. The molecule has 166 valence electrons. The predicted molar refractivity (Wildman–Crippen MR) is 126 cm³/mol. The van der Waals surface area contributed by atoms with Crippen molar-refractivity contribution in [2.45, 2.75) is 31.8 Å². The molecule has 0 saturated heterocycles. The van der Waals surface area contributed by atoms with E-state index in [4.69, 9.17) is 4.74 Å². The van der Waals surface area contributed by atoms with Gasteiger partial charge in [-0.3, -0.25) is 9.59 Å². The van der Waals surface area contributed by atoms with Crippen LogP contribution in [-0.2, 0) is 29.0 Å². The highest BCUT2D eigenvalue weighted by Gasteiger charge is 2.29. The summed E-state index contributed by atoms with van der Waals surface area (Å²) in [5.74, 6) is 0.491. The molecular weight excluding hydrogens is 400 g/mol. The number of nitrogens with zero attached hydrogens (tertiary/aromatic N) is 1. The van der Waals surface area contributed by atoms with Gasteiger partial charge in [0.05, 0.1) is 7.11 Å². The summed E-state index contributed by atoms with van der Waals surface area (Å²) in [6.07, 6.45) is 1.40. The third kappa shape index (κ3) is 6.45. The van der Waals surface area contributed by atoms with E-state index in [1.807, 2.05) is 84.9 Å². The van der Waals surface area contributed by atoms with Gasteiger partial charge in [-0.1, -0.05) is 72.8 Å². The predicted octanol–water partition coefficient (Wildman–Crippen LogP) is 4.01. The summed E-state index contributed by atoms with van der Waals surface area (Å²) in [7, 11) is 3.23. The molecule has 2 amide bonds. The highest BCUT2D eigenvalue weighted by Crippen LogP contribution is 2.19. The summed E-state index contributed by atoms with van der Waals surface area (Å²) in [5, 5.41) is 2.75. The van der Waals surface area contributed by atoms with Crippen molar-refractivity contribution in [3.05, 3.63) is 102 Å². The van der Waals surface area contributed by atoms with Crippen molar-refractivity contribution >= 4 is 11.8 Å². The van der Waals surface area contributed by atoms with Crippen LogP contribution in [0.4, 0.5) is 0 Å². The van der Waals surface area contributed by atoms with Crippen molar-refractivity contribution in [2.24, 2.45) is 0 Å². The van der Waals surface area contributed by atoms with E-state index in [-0.39, 0.29) is 11.8 Å². The first kappa shape index (κ1) is 23.1. The number of aryl methyl sites for hydroxylation is 1. The Morgan fingerprint density at radius 3 is 2.12 bits per heavy atom. The van der Waals surface area contributed by atoms with Gasteiger partial charge in [-0.05, 0) is 35.2 Å². The minimum absolute atomic E-state index is 0.0544. The van der Waals surface area contributed by atoms with E-state index >= 15 is 0 Å². The Bertz CT molecular complexity index is 1010. The zero-order valence-electron chi connectivity index (χ0n) is 18.7. The van der Waals surface area contributed by atoms with Gasteiger partial charge in [0, 0.05) is 26.4 Å². The normalized spacial score (nSPS) is 11.4. The molecule has 0 aliphatic heterocycles. The van der Waals surface area contributed by atoms with Crippen molar-refractivity contribution in [2.75, 3.05) is 14.2 Å². The standard InChI is InChI=1S/C27H30N2O3/c1-28-27(31)25(19-22-12-7-4-8-13-22)29(20-23-14-9-15-24(18-23)32-2)26(30)17-16-21-10-5-3-6-11-21/h3-15,18,25H,16-17,19-20H2,1-2H3,(H,28,31). The molecule has 0 saturated carbocycles. The number of carbonyl (C=O) groups excluding carboxylic acids is 2. The quantitative estimate of drug-likeness (QED) is 0.529. The zero-order chi connectivity index (χ0) is 22.8. The van der Waals surface area contributed by atoms with Crippen molar-refractivity contribution in [1.82, 2.24) is 10.2 Å². The summed E-state index contributed by atoms with van der Waals surface area (Å²) >= 11 is 0. The van der Waals surface area contributed by atoms with Gasteiger partial charge in [-0.25, -0.2) is 0 Å². The molecule has 1 atom stereocenters. The second-order valence-corrected chi connectivity index (χ2v) is 7.68. The smallest absolute Gasteiger partial charge is 0.242 e. The Labute approximate surface area is 190 Å². The van der Waals surface area contributed by atoms with Crippen LogP contribution in [0.1, 0.15) is 23.1 Å². The number of rotatable bonds is 10. The van der Waals surface area contributed by atoms with E-state index in [0.29, 0.717) is 25.8 Å². The molecule has 3 aromatic rings. The lowest BCUT2D eigenvalue weighted by molar-refractivity contribution is -0.141. The number of hydrogen-bond acceptors (Lipinski definition) is 3. The van der Waals surface area contributed by atoms with Crippen LogP contribution in [0.25, 0.3) is 0 Å². The van der Waals surface area contributed by atoms with Gasteiger partial charge in [-0.2, -0.15) is 0 Å². The fourth-order valence-corrected chi connectivity index (χ4v) is 3.73. The number of nitrogens with one attached hydrogen (secondary N) is 1. The number of methoxy groups -OCH3 is 1. The fourth-order valence-electron chi connectivity index (χ4n) is 3.73. The summed E-state index contributed by atoms with van der Waals surface area (Å²) in [6, 6.07) is 26.7. The number of amides is 2. The van der Waals surface area contributed by atoms with E-state index in [0.717, 1.165) is 22.4 Å². The van der Waals surface area contributed by atoms with Gasteiger partial charge < -0.3 is 15.0 Å². The molecule has 0 spiro atoms. The van der Waals surface area contributed by atoms with Crippen LogP contribution >= 0.6 is 0 Å². The molecular formula is C27H30N2O3. The lowest BCUT2D eigenvalue weighted by Crippen LogP contribution is -2.49. The number of benzene rings is 3. The molecule has 0 heterocycles. The van der Waals surface area contributed by atoms with Crippen LogP contribution < -0.4 is 10.1 Å². The van der Waals surface area contributed by atoms with Crippen molar-refractivity contribution in [3.8, 4) is 5.75 Å². The molecule has 0 aromatic heterocycles. The summed E-state index contributed by atoms with van der Waals surface area (Å²) < 4.78 is 5.34. The van der Waals surface area contributed by atoms with Crippen LogP contribution in [-0.4, -0.2) is 36.9 Å². The first-order valence-corrected chi connectivity index (χ1v) is 10.8. The number of likely N-dealkylation sites (N-methyl/N-ethyl adjacent to an activating group) is 1. The maximum Gasteiger partial charge on any atom is 0.242 e. The van der Waals surface area contributed by atoms with E-state index < -0.39 is 6.04 Å². The summed E-state index contributed by atoms with van der Waals surface area (Å²) in [5.41, 5.74) is 3.02. The highest BCUT2D eigenvalue weighted by molar-refractivity contribution is 5.88. The number of carbonyl (C=O) groups is 2. The Balaban J connectivity index is 1.88. The van der Waals surface area contributed by atoms with Crippen LogP contribution in [0.15, 0.2) is 84.9 Å². The third-order valence-electron chi connectivity index (χ3n) is 5.47. The monoisotopic (exact) mass is 430 g/mol. The van der Waals surface area contributed by atoms with E-state index in [1.54, 1.807) is 19.1 Å². The van der Waals surface area contributed by atoms with Crippen LogP contribution in [0.5, 0.6) is 5.75 Å². The second kappa shape index (κ2) is 11.7. The molecule has 0 bridgehead atoms. The lowest BCUT2D eigenvalue weighted by atomic mass is 10.0. The van der Waals surface area contributed by atoms with Crippen molar-refractivity contribution in [1.29, 1.82) is 0 Å². The summed E-state index contributed by atoms with van der Waals surface area (Å²) in [6.45, 7) is 0.329. The van der Waals surface area contributed by atoms with Gasteiger partial charge in [0.2, 0.25) is 11.8 Å². The molecule has 0 aliphatic carbocycles. The Kier molecular flexibility index (Phi) is 8.44. The Morgan fingerprint density at radius 2 is 1.50 bits per heavy atom. The van der Waals surface area contributed by atoms with E-state index in [1.165, 1.54) is 0 Å². The molecule has 32 heavy (non-hydrogen) atoms. The average molecular weight is 431 g/mol. The van der Waals surface area contributed by atoms with Crippen molar-refractivity contribution in [3.63, 3.8) is 0 Å². The molecule has 3 rings (SSSR count). The number of ether oxygens (including phenoxy) is 1. The maximum atomic E-state index is 13.4. The zero-order valence-corrected chi connectivity index (χ0v) is 18.7. The fraction of sp³-hybridized carbons (Fsp3) is 0.259. The van der Waals surface area contributed by atoms with Crippen LogP contribution in [0.2, 0.25) is 0 Å². The molecule has 1 N–H and O–H groups in total. The molecule has 0 aliphatic rings. The summed E-state index contributed by atoms with van der Waals surface area (Å²) in [4.78, 5) is 28.1. The highest BCUT2D eigenvalue weighted by atomic mass is 16.5. The third-order valence-corrected chi connectivity index (χ3v) is 5.47. The average Bonchev–Trinajstić information content (AvgIpc) is 2.85. The van der Waals surface area contributed by atoms with Crippen molar-refractivity contribution < 1.29 is 14.3 Å². The maximum absolute atomic E-state index is 13.4. The minimum atomic E-state index is -0.614. The minimum Gasteiger partial charge on any atom is -0.497 e. The molecule has 3 aromatic carbocycles. The molecule has 1 unspecified atom stereocenters. The van der Waals surface area contributed by atoms with Gasteiger partial charge in [-0.15, -0.1) is 0 Å². The van der Waals surface area contributed by atoms with E-state index in [2.05, 4.69) is 5.32 Å². The first-order valence-electron chi connectivity index (χ1n) is 10.8. The Morgan fingerprint density at radius 1 is 0.875 bits per heavy atom. The van der Waals surface area contributed by atoms with Gasteiger partial charge >= 0.3 is 0 Å². The topological polar surface area (TPSA) is 58.6 Å². The van der Waals surface area contributed by atoms with Gasteiger partial charge in [0.1, 0.15) is 11.8 Å². The Hall–Kier alpha value is -3.60. The first-order chi connectivity index (χ1) is 15.6. The molecule has 0 radical (unpaired) electrons. The van der Waals surface area contributed by atoms with Crippen LogP contribution in [0.3, 0.4) is 0 Å². The molecule has 0 fully saturated rings. The lowest BCUT2D eigenvalue weighted by Gasteiger charge is -2.31. The molecule has 5 heteroatoms. The van der Waals surface area contributed by atoms with Crippen LogP contribution in [0, 0.1) is 0 Å². The van der Waals surface area contributed by atoms with E-state index in [9.17, 15) is 9.59 Å². The largest absolute Gasteiger partial charge is 0.497 e. The van der Waals surface area contributed by atoms with Gasteiger partial charge in [0.25, 0.3) is 0 Å². The second-order valence-electron chi connectivity index (χ2n) is 7.68.